The quantitative estimate of drug-likeness (QED) is 0.688. The summed E-state index contributed by atoms with van der Waals surface area (Å²) in [6, 6.07) is 20.0. The Kier molecular flexibility index (Phi) is 6.31. The Morgan fingerprint density at radius 2 is 1.15 bits per heavy atom. The molecule has 0 heterocycles. The number of hydrogen-bond donors (Lipinski definition) is 0. The summed E-state index contributed by atoms with van der Waals surface area (Å²) < 4.78 is 16.7. The van der Waals surface area contributed by atoms with Gasteiger partial charge in [0.1, 0.15) is 0 Å². The van der Waals surface area contributed by atoms with E-state index in [0.717, 1.165) is 11.1 Å². The Hall–Kier alpha value is -1.62. The second kappa shape index (κ2) is 8.53. The van der Waals surface area contributed by atoms with Crippen LogP contribution in [0.15, 0.2) is 60.7 Å². The molecule has 0 N–H and O–H groups in total. The van der Waals surface area contributed by atoms with E-state index in [1.54, 1.807) is 0 Å². The number of benzene rings is 2. The molecule has 0 aliphatic carbocycles. The second-order valence-corrected chi connectivity index (χ2v) is 4.34. The van der Waals surface area contributed by atoms with Crippen molar-refractivity contribution in [2.45, 2.75) is 20.1 Å². The highest BCUT2D eigenvalue weighted by Crippen LogP contribution is 2.06. The van der Waals surface area contributed by atoms with E-state index in [1.165, 1.54) is 0 Å². The third-order valence-electron chi connectivity index (χ3n) is 2.76. The first-order valence-corrected chi connectivity index (χ1v) is 6.81. The summed E-state index contributed by atoms with van der Waals surface area (Å²) in [6.45, 7) is 3.42. The zero-order chi connectivity index (χ0) is 14.0. The van der Waals surface area contributed by atoms with Crippen LogP contribution in [0.5, 0.6) is 0 Å². The lowest BCUT2D eigenvalue weighted by molar-refractivity contribution is 0.0860. The van der Waals surface area contributed by atoms with Gasteiger partial charge in [-0.1, -0.05) is 60.7 Å². The molecule has 2 aromatic carbocycles. The predicted octanol–water partition coefficient (Wildman–Crippen LogP) is 3.44. The minimum absolute atomic E-state index is 0.473. The van der Waals surface area contributed by atoms with Crippen LogP contribution in [-0.2, 0) is 27.2 Å². The van der Waals surface area contributed by atoms with Crippen LogP contribution in [-0.4, -0.2) is 13.9 Å². The SMILES string of the molecule is CCOB(OCc1ccccc1)OCc1ccccc1. The highest BCUT2D eigenvalue weighted by atomic mass is 16.7. The van der Waals surface area contributed by atoms with Crippen molar-refractivity contribution in [3.63, 3.8) is 0 Å². The van der Waals surface area contributed by atoms with Gasteiger partial charge in [-0.2, -0.15) is 0 Å². The molecule has 2 rings (SSSR count). The Balaban J connectivity index is 1.81. The molecule has 2 aromatic rings. The second-order valence-electron chi connectivity index (χ2n) is 4.34. The van der Waals surface area contributed by atoms with Crippen LogP contribution in [0, 0.1) is 0 Å². The highest BCUT2D eigenvalue weighted by molar-refractivity contribution is 6.36. The van der Waals surface area contributed by atoms with Crippen LogP contribution in [0.25, 0.3) is 0 Å². The molecule has 0 spiro atoms. The highest BCUT2D eigenvalue weighted by Gasteiger charge is 2.20. The molecule has 0 aliphatic rings. The topological polar surface area (TPSA) is 27.7 Å². The van der Waals surface area contributed by atoms with Crippen LogP contribution >= 0.6 is 0 Å². The van der Waals surface area contributed by atoms with Gasteiger partial charge in [0, 0.05) is 6.61 Å². The molecule has 3 nitrogen and oxygen atoms in total. The Morgan fingerprint density at radius 3 is 1.55 bits per heavy atom. The van der Waals surface area contributed by atoms with Crippen molar-refractivity contribution in [1.29, 1.82) is 0 Å². The number of hydrogen-bond acceptors (Lipinski definition) is 3. The van der Waals surface area contributed by atoms with Gasteiger partial charge in [-0.05, 0) is 18.1 Å². The predicted molar refractivity (Wildman–Crippen MR) is 79.8 cm³/mol. The molecule has 0 aromatic heterocycles. The van der Waals surface area contributed by atoms with E-state index in [4.69, 9.17) is 14.0 Å². The molecule has 0 aliphatic heterocycles. The molecule has 0 unspecified atom stereocenters. The van der Waals surface area contributed by atoms with E-state index in [0.29, 0.717) is 19.8 Å². The van der Waals surface area contributed by atoms with Crippen LogP contribution in [0.1, 0.15) is 18.1 Å². The minimum Gasteiger partial charge on any atom is -0.386 e. The molecular weight excluding hydrogens is 251 g/mol. The van der Waals surface area contributed by atoms with E-state index in [9.17, 15) is 0 Å². The zero-order valence-electron chi connectivity index (χ0n) is 11.7. The average molecular weight is 270 g/mol. The normalized spacial score (nSPS) is 10.4. The van der Waals surface area contributed by atoms with Crippen molar-refractivity contribution in [1.82, 2.24) is 0 Å². The molecular formula is C16H19BO3. The van der Waals surface area contributed by atoms with Crippen molar-refractivity contribution in [2.75, 3.05) is 6.61 Å². The molecule has 0 amide bonds. The van der Waals surface area contributed by atoms with Crippen LogP contribution in [0.2, 0.25) is 0 Å². The first-order chi connectivity index (χ1) is 9.88. The van der Waals surface area contributed by atoms with Crippen molar-refractivity contribution in [3.05, 3.63) is 71.8 Å². The van der Waals surface area contributed by atoms with Gasteiger partial charge >= 0.3 is 7.32 Å². The smallest absolute Gasteiger partial charge is 0.386 e. The van der Waals surface area contributed by atoms with Gasteiger partial charge in [0.15, 0.2) is 0 Å². The van der Waals surface area contributed by atoms with Gasteiger partial charge < -0.3 is 14.0 Å². The summed E-state index contributed by atoms with van der Waals surface area (Å²) in [7, 11) is -0.639. The van der Waals surface area contributed by atoms with E-state index < -0.39 is 7.32 Å². The van der Waals surface area contributed by atoms with Crippen LogP contribution in [0.3, 0.4) is 0 Å². The molecule has 4 heteroatoms. The fourth-order valence-corrected chi connectivity index (χ4v) is 1.76. The number of rotatable bonds is 8. The van der Waals surface area contributed by atoms with Gasteiger partial charge in [-0.15, -0.1) is 0 Å². The Bertz CT molecular complexity index is 432. The van der Waals surface area contributed by atoms with E-state index in [2.05, 4.69) is 0 Å². The van der Waals surface area contributed by atoms with Gasteiger partial charge in [-0.3, -0.25) is 0 Å². The molecule has 0 radical (unpaired) electrons. The van der Waals surface area contributed by atoms with Crippen molar-refractivity contribution in [2.24, 2.45) is 0 Å². The summed E-state index contributed by atoms with van der Waals surface area (Å²) in [4.78, 5) is 0. The standard InChI is InChI=1S/C16H19BO3/c1-2-18-17(19-13-15-9-5-3-6-10-15)20-14-16-11-7-4-8-12-16/h3-12H,2,13-14H2,1H3. The molecule has 0 atom stereocenters. The van der Waals surface area contributed by atoms with E-state index >= 15 is 0 Å². The third-order valence-corrected chi connectivity index (χ3v) is 2.76. The maximum absolute atomic E-state index is 5.65. The largest absolute Gasteiger partial charge is 0.639 e. The maximum Gasteiger partial charge on any atom is 0.639 e. The summed E-state index contributed by atoms with van der Waals surface area (Å²) in [6.07, 6.45) is 0. The molecule has 104 valence electrons. The molecule has 0 saturated carbocycles. The van der Waals surface area contributed by atoms with Gasteiger partial charge in [0.05, 0.1) is 13.2 Å². The summed E-state index contributed by atoms with van der Waals surface area (Å²) in [5.41, 5.74) is 2.20. The summed E-state index contributed by atoms with van der Waals surface area (Å²) >= 11 is 0. The van der Waals surface area contributed by atoms with Gasteiger partial charge in [0.2, 0.25) is 0 Å². The lowest BCUT2D eigenvalue weighted by atomic mass is 10.2. The van der Waals surface area contributed by atoms with Gasteiger partial charge in [0.25, 0.3) is 0 Å². The first kappa shape index (κ1) is 14.8. The van der Waals surface area contributed by atoms with Crippen molar-refractivity contribution in [3.8, 4) is 0 Å². The third kappa shape index (κ3) is 5.17. The fraction of sp³-hybridized carbons (Fsp3) is 0.250. The van der Waals surface area contributed by atoms with Crippen molar-refractivity contribution >= 4 is 7.32 Å². The van der Waals surface area contributed by atoms with Crippen LogP contribution in [0.4, 0.5) is 0 Å². The molecule has 20 heavy (non-hydrogen) atoms. The van der Waals surface area contributed by atoms with E-state index in [1.807, 2.05) is 67.6 Å². The average Bonchev–Trinajstić information content (AvgIpc) is 2.52. The minimum atomic E-state index is -0.639. The fourth-order valence-electron chi connectivity index (χ4n) is 1.76. The molecule has 0 saturated heterocycles. The lowest BCUT2D eigenvalue weighted by Crippen LogP contribution is -2.27. The zero-order valence-corrected chi connectivity index (χ0v) is 11.7. The lowest BCUT2D eigenvalue weighted by Gasteiger charge is -2.13. The Morgan fingerprint density at radius 1 is 0.700 bits per heavy atom. The Labute approximate surface area is 120 Å². The van der Waals surface area contributed by atoms with Crippen LogP contribution < -0.4 is 0 Å². The monoisotopic (exact) mass is 270 g/mol. The van der Waals surface area contributed by atoms with E-state index in [-0.39, 0.29) is 0 Å². The first-order valence-electron chi connectivity index (χ1n) is 6.81. The summed E-state index contributed by atoms with van der Waals surface area (Å²) in [5.74, 6) is 0. The maximum atomic E-state index is 5.65. The van der Waals surface area contributed by atoms with Crippen molar-refractivity contribution < 1.29 is 14.0 Å². The molecule has 0 fully saturated rings. The summed E-state index contributed by atoms with van der Waals surface area (Å²) in [5, 5.41) is 0. The van der Waals surface area contributed by atoms with Gasteiger partial charge in [-0.25, -0.2) is 0 Å². The molecule has 0 bridgehead atoms.